The molecule has 1 atom stereocenters. The van der Waals surface area contributed by atoms with E-state index in [1.54, 1.807) is 37.8 Å². The van der Waals surface area contributed by atoms with Crippen LogP contribution >= 0.6 is 0 Å². The number of esters is 1. The molecule has 0 bridgehead atoms. The lowest BCUT2D eigenvalue weighted by Crippen LogP contribution is -2.50. The van der Waals surface area contributed by atoms with Crippen LogP contribution in [0.3, 0.4) is 0 Å². The van der Waals surface area contributed by atoms with Crippen molar-refractivity contribution >= 4 is 26.3 Å². The van der Waals surface area contributed by atoms with Gasteiger partial charge >= 0.3 is 5.97 Å². The van der Waals surface area contributed by atoms with Crippen molar-refractivity contribution in [2.75, 3.05) is 6.61 Å². The molecule has 3 rings (SSSR count). The zero-order chi connectivity index (χ0) is 32.2. The number of nitrogens with zero attached hydrogens (tertiary/aromatic N) is 2. The monoisotopic (exact) mass is 608 g/mol. The molecular formula is C34H48N2O6Si. The number of amides is 1. The van der Waals surface area contributed by atoms with Crippen LogP contribution in [0, 0.1) is 10.1 Å². The van der Waals surface area contributed by atoms with Gasteiger partial charge in [-0.25, -0.2) is 4.79 Å². The molecule has 1 amide bonds. The molecule has 9 heteroatoms. The number of hydrogen-bond donors (Lipinski definition) is 0. The first-order valence-corrected chi connectivity index (χ1v) is 18.1. The molecule has 2 aromatic carbocycles. The molecule has 234 valence electrons. The van der Waals surface area contributed by atoms with Crippen LogP contribution in [0.2, 0.25) is 18.1 Å². The third-order valence-corrected chi connectivity index (χ3v) is 12.8. The van der Waals surface area contributed by atoms with Crippen molar-refractivity contribution in [2.24, 2.45) is 0 Å². The van der Waals surface area contributed by atoms with Gasteiger partial charge in [-0.05, 0) is 80.6 Å². The second-order valence-electron chi connectivity index (χ2n) is 13.9. The summed E-state index contributed by atoms with van der Waals surface area (Å²) < 4.78 is 12.2. The molecule has 0 aliphatic carbocycles. The highest BCUT2D eigenvalue weighted by Crippen LogP contribution is 2.37. The van der Waals surface area contributed by atoms with E-state index in [-0.39, 0.29) is 40.2 Å². The quantitative estimate of drug-likeness (QED) is 0.117. The highest BCUT2D eigenvalue weighted by Gasteiger charge is 2.39. The summed E-state index contributed by atoms with van der Waals surface area (Å²) in [5.74, 6) is -0.854. The number of nitro groups is 1. The first kappa shape index (κ1) is 34.2. The number of benzene rings is 2. The topological polar surface area (TPSA) is 99.0 Å². The molecule has 0 aromatic heterocycles. The molecule has 0 fully saturated rings. The van der Waals surface area contributed by atoms with Gasteiger partial charge in [-0.2, -0.15) is 0 Å². The smallest absolute Gasteiger partial charge is 0.338 e. The molecule has 1 heterocycles. The predicted molar refractivity (Wildman–Crippen MR) is 173 cm³/mol. The molecule has 0 radical (unpaired) electrons. The van der Waals surface area contributed by atoms with Crippen molar-refractivity contribution in [3.8, 4) is 0 Å². The molecule has 0 saturated heterocycles. The Labute approximate surface area is 257 Å². The van der Waals surface area contributed by atoms with Crippen LogP contribution in [0.25, 0.3) is 6.08 Å². The van der Waals surface area contributed by atoms with Crippen LogP contribution in [0.5, 0.6) is 0 Å². The second kappa shape index (κ2) is 13.6. The first-order valence-electron chi connectivity index (χ1n) is 15.2. The third-order valence-electron chi connectivity index (χ3n) is 8.32. The Morgan fingerprint density at radius 1 is 1.07 bits per heavy atom. The van der Waals surface area contributed by atoms with E-state index in [0.717, 1.165) is 12.0 Å². The van der Waals surface area contributed by atoms with Gasteiger partial charge in [0.1, 0.15) is 5.60 Å². The van der Waals surface area contributed by atoms with E-state index >= 15 is 0 Å². The number of carbonyl (C=O) groups excluding carboxylic acids is 2. The van der Waals surface area contributed by atoms with Gasteiger partial charge in [-0.15, -0.1) is 0 Å². The molecule has 1 unspecified atom stereocenters. The van der Waals surface area contributed by atoms with E-state index in [1.165, 1.54) is 17.7 Å². The maximum Gasteiger partial charge on any atom is 0.338 e. The lowest BCUT2D eigenvalue weighted by Gasteiger charge is -2.41. The summed E-state index contributed by atoms with van der Waals surface area (Å²) in [6, 6.07) is 12.5. The number of rotatable bonds is 10. The van der Waals surface area contributed by atoms with Crippen molar-refractivity contribution in [2.45, 2.75) is 110 Å². The Balaban J connectivity index is 2.11. The van der Waals surface area contributed by atoms with Crippen LogP contribution in [-0.2, 0) is 22.1 Å². The maximum absolute atomic E-state index is 14.5. The summed E-state index contributed by atoms with van der Waals surface area (Å²) in [6.07, 6.45) is 3.84. The van der Waals surface area contributed by atoms with Gasteiger partial charge in [-0.3, -0.25) is 14.9 Å². The highest BCUT2D eigenvalue weighted by atomic mass is 28.4. The minimum absolute atomic E-state index is 0.00550. The Morgan fingerprint density at radius 3 is 2.30 bits per heavy atom. The van der Waals surface area contributed by atoms with Gasteiger partial charge in [0.2, 0.25) is 5.70 Å². The number of ether oxygens (including phenoxy) is 1. The number of allylic oxidation sites excluding steroid dienone is 1. The number of unbranched alkanes of at least 4 members (excludes halogenated alkanes) is 1. The second-order valence-corrected chi connectivity index (χ2v) is 18.7. The Morgan fingerprint density at radius 2 is 1.72 bits per heavy atom. The summed E-state index contributed by atoms with van der Waals surface area (Å²) in [5.41, 5.74) is 2.39. The maximum atomic E-state index is 14.5. The van der Waals surface area contributed by atoms with Crippen molar-refractivity contribution < 1.29 is 23.7 Å². The molecule has 0 N–H and O–H groups in total. The Hall–Kier alpha value is -3.30. The van der Waals surface area contributed by atoms with Gasteiger partial charge in [0.25, 0.3) is 5.91 Å². The largest absolute Gasteiger partial charge is 0.456 e. The molecular weight excluding hydrogens is 560 g/mol. The van der Waals surface area contributed by atoms with E-state index in [0.29, 0.717) is 31.6 Å². The fourth-order valence-electron chi connectivity index (χ4n) is 4.73. The molecule has 2 aromatic rings. The zero-order valence-corrected chi connectivity index (χ0v) is 28.3. The first-order chi connectivity index (χ1) is 19.9. The van der Waals surface area contributed by atoms with E-state index in [2.05, 4.69) is 39.9 Å². The molecule has 0 spiro atoms. The molecule has 1 aliphatic rings. The van der Waals surface area contributed by atoms with Crippen LogP contribution in [0.4, 0.5) is 0 Å². The highest BCUT2D eigenvalue weighted by molar-refractivity contribution is 6.74. The fourth-order valence-corrected chi connectivity index (χ4v) is 5.78. The van der Waals surface area contributed by atoms with Crippen molar-refractivity contribution in [3.05, 3.63) is 86.1 Å². The summed E-state index contributed by atoms with van der Waals surface area (Å²) in [6.45, 7) is 19.0. The summed E-state index contributed by atoms with van der Waals surface area (Å²) in [4.78, 5) is 40.9. The average Bonchev–Trinajstić information content (AvgIpc) is 2.91. The van der Waals surface area contributed by atoms with Gasteiger partial charge < -0.3 is 14.1 Å². The molecule has 0 saturated carbocycles. The van der Waals surface area contributed by atoms with Crippen molar-refractivity contribution in [3.63, 3.8) is 0 Å². The molecule has 1 aliphatic heterocycles. The van der Waals surface area contributed by atoms with Crippen LogP contribution in [0.1, 0.15) is 105 Å². The summed E-state index contributed by atoms with van der Waals surface area (Å²) in [7, 11) is -2.11. The summed E-state index contributed by atoms with van der Waals surface area (Å²) in [5, 5.41) is 11.9. The average molecular weight is 609 g/mol. The number of carbonyl (C=O) groups is 2. The van der Waals surface area contributed by atoms with Crippen LogP contribution in [-0.4, -0.2) is 48.3 Å². The van der Waals surface area contributed by atoms with Crippen molar-refractivity contribution in [1.29, 1.82) is 0 Å². The van der Waals surface area contributed by atoms with E-state index in [4.69, 9.17) is 9.16 Å². The number of hydrogen-bond acceptors (Lipinski definition) is 6. The minimum Gasteiger partial charge on any atom is -0.456 e. The van der Waals surface area contributed by atoms with E-state index in [1.807, 2.05) is 25.1 Å². The van der Waals surface area contributed by atoms with Gasteiger partial charge in [-0.1, -0.05) is 64.4 Å². The normalized spacial score (nSPS) is 16.1. The van der Waals surface area contributed by atoms with Gasteiger partial charge in [0, 0.05) is 24.6 Å². The van der Waals surface area contributed by atoms with Crippen LogP contribution < -0.4 is 0 Å². The predicted octanol–water partition coefficient (Wildman–Crippen LogP) is 8.04. The lowest BCUT2D eigenvalue weighted by atomic mass is 9.92. The Kier molecular flexibility index (Phi) is 10.8. The van der Waals surface area contributed by atoms with Crippen LogP contribution in [0.15, 0.2) is 48.2 Å². The third kappa shape index (κ3) is 8.86. The minimum atomic E-state index is -2.11. The van der Waals surface area contributed by atoms with Gasteiger partial charge in [0.05, 0.1) is 23.1 Å². The Bertz CT molecular complexity index is 1370. The fraction of sp³-hybridized carbons (Fsp3) is 0.529. The number of fused-ring (bicyclic) bond motifs is 1. The molecule has 43 heavy (non-hydrogen) atoms. The van der Waals surface area contributed by atoms with Gasteiger partial charge in [0.15, 0.2) is 8.32 Å². The molecule has 8 nitrogen and oxygen atoms in total. The standard InChI is InChI=1S/C34H48N2O6Si/c1-10-11-16-28(36(39)40)20-25-17-18-26(32(38)42-33(2,3)4)21-30(25)31(37)35-22-27-15-13-12-14-24(27)19-29(35)23-41-43(8,9)34(5,6)7/h12-15,17-18,20-21,29H,10-11,16,19,22-23H2,1-9H3/b28-20+. The van der Waals surface area contributed by atoms with Crippen molar-refractivity contribution in [1.82, 2.24) is 4.90 Å². The zero-order valence-electron chi connectivity index (χ0n) is 27.3. The van der Waals surface area contributed by atoms with E-state index < -0.39 is 24.8 Å². The summed E-state index contributed by atoms with van der Waals surface area (Å²) >= 11 is 0. The lowest BCUT2D eigenvalue weighted by molar-refractivity contribution is -0.426. The SMILES string of the molecule is CCCC/C(=C\c1ccc(C(=O)OC(C)(C)C)cc1C(=O)N1Cc2ccccc2CC1CO[Si](C)(C)C(C)(C)C)[N+](=O)[O-]. The van der Waals surface area contributed by atoms with E-state index in [9.17, 15) is 19.7 Å².